The number of imidazole rings is 1. The first-order valence-electron chi connectivity index (χ1n) is 8.38. The SMILES string of the molecule is CC1(C)CCC(n2cnc(Br)c2)=CC1Nc1ccc(C#N)c(C(F)(F)F)c1. The van der Waals surface area contributed by atoms with Gasteiger partial charge in [-0.1, -0.05) is 13.8 Å². The van der Waals surface area contributed by atoms with Gasteiger partial charge in [-0.15, -0.1) is 0 Å². The highest BCUT2D eigenvalue weighted by Crippen LogP contribution is 2.39. The number of hydrogen-bond acceptors (Lipinski definition) is 3. The van der Waals surface area contributed by atoms with Gasteiger partial charge in [0.1, 0.15) is 10.9 Å². The molecule has 4 nitrogen and oxygen atoms in total. The van der Waals surface area contributed by atoms with Crippen LogP contribution >= 0.6 is 15.9 Å². The molecule has 0 saturated carbocycles. The lowest BCUT2D eigenvalue weighted by Crippen LogP contribution is -2.37. The third kappa shape index (κ3) is 4.19. The van der Waals surface area contributed by atoms with Crippen molar-refractivity contribution in [2.24, 2.45) is 5.41 Å². The minimum Gasteiger partial charge on any atom is -0.378 e. The molecule has 27 heavy (non-hydrogen) atoms. The van der Waals surface area contributed by atoms with Crippen molar-refractivity contribution in [1.82, 2.24) is 9.55 Å². The summed E-state index contributed by atoms with van der Waals surface area (Å²) < 4.78 is 42.3. The Balaban J connectivity index is 1.94. The Kier molecular flexibility index (Phi) is 5.08. The topological polar surface area (TPSA) is 53.6 Å². The van der Waals surface area contributed by atoms with Gasteiger partial charge in [0.05, 0.1) is 23.2 Å². The van der Waals surface area contributed by atoms with E-state index in [1.165, 1.54) is 12.1 Å². The van der Waals surface area contributed by atoms with E-state index in [0.29, 0.717) is 5.69 Å². The van der Waals surface area contributed by atoms with Crippen molar-refractivity contribution < 1.29 is 13.2 Å². The van der Waals surface area contributed by atoms with Crippen LogP contribution in [0.2, 0.25) is 0 Å². The van der Waals surface area contributed by atoms with Gasteiger partial charge in [-0.3, -0.25) is 0 Å². The van der Waals surface area contributed by atoms with Gasteiger partial charge < -0.3 is 9.88 Å². The number of nitriles is 1. The van der Waals surface area contributed by atoms with Crippen molar-refractivity contribution in [2.45, 2.75) is 38.9 Å². The second kappa shape index (κ2) is 7.04. The molecular formula is C19H18BrF3N4. The first-order chi connectivity index (χ1) is 12.6. The van der Waals surface area contributed by atoms with Crippen molar-refractivity contribution in [2.75, 3.05) is 5.32 Å². The Labute approximate surface area is 163 Å². The van der Waals surface area contributed by atoms with Crippen LogP contribution in [0.5, 0.6) is 0 Å². The quantitative estimate of drug-likeness (QED) is 0.670. The van der Waals surface area contributed by atoms with Gasteiger partial charge in [-0.05, 0) is 58.5 Å². The first-order valence-corrected chi connectivity index (χ1v) is 9.18. The van der Waals surface area contributed by atoms with Crippen LogP contribution in [0.1, 0.15) is 37.8 Å². The Bertz CT molecular complexity index is 922. The smallest absolute Gasteiger partial charge is 0.378 e. The third-order valence-electron chi connectivity index (χ3n) is 4.88. The summed E-state index contributed by atoms with van der Waals surface area (Å²) >= 11 is 3.32. The highest BCUT2D eigenvalue weighted by molar-refractivity contribution is 9.10. The number of aromatic nitrogens is 2. The number of benzene rings is 1. The van der Waals surface area contributed by atoms with Crippen molar-refractivity contribution in [3.8, 4) is 6.07 Å². The number of hydrogen-bond donors (Lipinski definition) is 1. The Morgan fingerprint density at radius 2 is 2.11 bits per heavy atom. The molecule has 142 valence electrons. The van der Waals surface area contributed by atoms with Gasteiger partial charge in [-0.25, -0.2) is 4.98 Å². The van der Waals surface area contributed by atoms with Gasteiger partial charge in [0.25, 0.3) is 0 Å². The van der Waals surface area contributed by atoms with Crippen molar-refractivity contribution in [3.63, 3.8) is 0 Å². The van der Waals surface area contributed by atoms with Crippen LogP contribution < -0.4 is 5.32 Å². The molecule has 0 radical (unpaired) electrons. The maximum Gasteiger partial charge on any atom is 0.417 e. The summed E-state index contributed by atoms with van der Waals surface area (Å²) in [5, 5.41) is 12.2. The molecule has 1 atom stereocenters. The summed E-state index contributed by atoms with van der Waals surface area (Å²) in [6, 6.07) is 5.16. The molecule has 0 saturated heterocycles. The van der Waals surface area contributed by atoms with E-state index in [1.807, 2.05) is 16.8 Å². The molecule has 1 heterocycles. The average Bonchev–Trinajstić information content (AvgIpc) is 3.02. The molecule has 1 N–H and O–H groups in total. The molecule has 3 rings (SSSR count). The summed E-state index contributed by atoms with van der Waals surface area (Å²) in [5.74, 6) is 0. The number of halogens is 4. The second-order valence-corrected chi connectivity index (χ2v) is 8.05. The second-order valence-electron chi connectivity index (χ2n) is 7.24. The molecule has 1 aromatic heterocycles. The number of nitrogens with zero attached hydrogens (tertiary/aromatic N) is 3. The van der Waals surface area contributed by atoms with Crippen molar-refractivity contribution in [1.29, 1.82) is 5.26 Å². The summed E-state index contributed by atoms with van der Waals surface area (Å²) in [7, 11) is 0. The fourth-order valence-electron chi connectivity index (χ4n) is 3.16. The highest BCUT2D eigenvalue weighted by Gasteiger charge is 2.35. The highest BCUT2D eigenvalue weighted by atomic mass is 79.9. The molecule has 1 aromatic carbocycles. The largest absolute Gasteiger partial charge is 0.417 e. The summed E-state index contributed by atoms with van der Waals surface area (Å²) in [4.78, 5) is 4.16. The van der Waals surface area contributed by atoms with E-state index in [9.17, 15) is 13.2 Å². The lowest BCUT2D eigenvalue weighted by atomic mass is 9.75. The van der Waals surface area contributed by atoms with Gasteiger partial charge in [0.2, 0.25) is 0 Å². The van der Waals surface area contributed by atoms with Crippen LogP contribution in [0.3, 0.4) is 0 Å². The fourth-order valence-corrected chi connectivity index (χ4v) is 3.47. The van der Waals surface area contributed by atoms with E-state index in [4.69, 9.17) is 5.26 Å². The van der Waals surface area contributed by atoms with Crippen LogP contribution in [-0.4, -0.2) is 15.6 Å². The van der Waals surface area contributed by atoms with Gasteiger partial charge in [0, 0.05) is 17.6 Å². The molecule has 0 amide bonds. The normalized spacial score (nSPS) is 19.3. The van der Waals surface area contributed by atoms with Crippen molar-refractivity contribution in [3.05, 3.63) is 52.5 Å². The number of rotatable bonds is 3. The lowest BCUT2D eigenvalue weighted by Gasteiger charge is -2.38. The van der Waals surface area contributed by atoms with Crippen LogP contribution in [0, 0.1) is 16.7 Å². The van der Waals surface area contributed by atoms with Crippen LogP contribution in [-0.2, 0) is 6.18 Å². The fraction of sp³-hybridized carbons (Fsp3) is 0.368. The molecule has 0 fully saturated rings. The standard InChI is InChI=1S/C19H18BrF3N4/c1-18(2)6-5-14(27-10-17(20)25-11-27)8-16(18)26-13-4-3-12(9-24)15(7-13)19(21,22)23/h3-4,7-8,10-11,16,26H,5-6H2,1-2H3. The van der Waals surface area contributed by atoms with E-state index < -0.39 is 11.7 Å². The average molecular weight is 439 g/mol. The molecular weight excluding hydrogens is 421 g/mol. The third-order valence-corrected chi connectivity index (χ3v) is 5.29. The predicted molar refractivity (Wildman–Crippen MR) is 101 cm³/mol. The minimum atomic E-state index is -4.57. The van der Waals surface area contributed by atoms with Crippen molar-refractivity contribution >= 4 is 27.3 Å². The van der Waals surface area contributed by atoms with Gasteiger partial charge in [-0.2, -0.15) is 18.4 Å². The Morgan fingerprint density at radius 1 is 1.37 bits per heavy atom. The molecule has 1 aliphatic rings. The van der Waals surface area contributed by atoms with Gasteiger partial charge in [0.15, 0.2) is 0 Å². The van der Waals surface area contributed by atoms with E-state index >= 15 is 0 Å². The molecule has 0 spiro atoms. The van der Waals surface area contributed by atoms with E-state index in [2.05, 4.69) is 40.1 Å². The number of anilines is 1. The number of nitrogens with one attached hydrogen (secondary N) is 1. The maximum atomic E-state index is 13.2. The Morgan fingerprint density at radius 3 is 2.70 bits per heavy atom. The predicted octanol–water partition coefficient (Wildman–Crippen LogP) is 5.68. The molecule has 0 aliphatic heterocycles. The molecule has 2 aromatic rings. The Hall–Kier alpha value is -2.27. The molecule has 1 aliphatic carbocycles. The minimum absolute atomic E-state index is 0.145. The zero-order chi connectivity index (χ0) is 19.8. The summed E-state index contributed by atoms with van der Waals surface area (Å²) in [5.41, 5.74) is -0.0756. The van der Waals surface area contributed by atoms with Crippen LogP contribution in [0.15, 0.2) is 41.4 Å². The zero-order valence-corrected chi connectivity index (χ0v) is 16.4. The van der Waals surface area contributed by atoms with Crippen LogP contribution in [0.25, 0.3) is 5.70 Å². The maximum absolute atomic E-state index is 13.2. The number of alkyl halides is 3. The van der Waals surface area contributed by atoms with E-state index in [-0.39, 0.29) is 17.0 Å². The van der Waals surface area contributed by atoms with Crippen LogP contribution in [0.4, 0.5) is 18.9 Å². The monoisotopic (exact) mass is 438 g/mol. The zero-order valence-electron chi connectivity index (χ0n) is 14.8. The van der Waals surface area contributed by atoms with E-state index in [1.54, 1.807) is 12.4 Å². The molecule has 8 heteroatoms. The summed E-state index contributed by atoms with van der Waals surface area (Å²) in [6.07, 6.45) is 2.72. The lowest BCUT2D eigenvalue weighted by molar-refractivity contribution is -0.137. The van der Waals surface area contributed by atoms with E-state index in [0.717, 1.165) is 29.2 Å². The molecule has 0 bridgehead atoms. The van der Waals surface area contributed by atoms with Gasteiger partial charge >= 0.3 is 6.18 Å². The molecule has 1 unspecified atom stereocenters. The first kappa shape index (κ1) is 19.5. The number of allylic oxidation sites excluding steroid dienone is 1. The summed E-state index contributed by atoms with van der Waals surface area (Å²) in [6.45, 7) is 4.16.